The molecule has 1 N–H and O–H groups in total. The third-order valence-corrected chi connectivity index (χ3v) is 4.93. The number of nitrogens with one attached hydrogen (secondary N) is 1. The van der Waals surface area contributed by atoms with Crippen molar-refractivity contribution in [3.05, 3.63) is 63.7 Å². The van der Waals surface area contributed by atoms with Crippen molar-refractivity contribution < 1.29 is 9.72 Å². The van der Waals surface area contributed by atoms with Crippen molar-refractivity contribution in [3.8, 4) is 0 Å². The number of nitro benzene ring substituents is 1. The Balaban J connectivity index is 1.99. The fourth-order valence-corrected chi connectivity index (χ4v) is 3.09. The van der Waals surface area contributed by atoms with E-state index in [2.05, 4.69) is 44.3 Å². The van der Waals surface area contributed by atoms with Gasteiger partial charge in [0.1, 0.15) is 0 Å². The van der Waals surface area contributed by atoms with Crippen LogP contribution in [0.2, 0.25) is 0 Å². The van der Waals surface area contributed by atoms with Crippen LogP contribution in [0.3, 0.4) is 0 Å². The topological polar surface area (TPSA) is 72.2 Å². The van der Waals surface area contributed by atoms with E-state index >= 15 is 0 Å². The first-order valence-corrected chi connectivity index (χ1v) is 8.93. The molecule has 0 aliphatic rings. The molecule has 0 unspecified atom stereocenters. The summed E-state index contributed by atoms with van der Waals surface area (Å²) >= 11 is 1.49. The maximum atomic E-state index is 12.1. The number of aryl methyl sites for hydroxylation is 1. The summed E-state index contributed by atoms with van der Waals surface area (Å²) in [5, 5.41) is 13.4. The number of anilines is 1. The lowest BCUT2D eigenvalue weighted by atomic mass is 9.87. The summed E-state index contributed by atoms with van der Waals surface area (Å²) in [6.45, 7) is 8.51. The van der Waals surface area contributed by atoms with Crippen LogP contribution in [0.15, 0.2) is 47.4 Å². The van der Waals surface area contributed by atoms with Crippen molar-refractivity contribution in [2.45, 2.75) is 38.0 Å². The van der Waals surface area contributed by atoms with E-state index in [9.17, 15) is 14.9 Å². The fourth-order valence-electron chi connectivity index (χ4n) is 2.23. The summed E-state index contributed by atoms with van der Waals surface area (Å²) < 4.78 is 0. The largest absolute Gasteiger partial charge is 0.325 e. The van der Waals surface area contributed by atoms with Crippen LogP contribution in [-0.4, -0.2) is 16.6 Å². The van der Waals surface area contributed by atoms with Gasteiger partial charge in [0.2, 0.25) is 5.91 Å². The number of amides is 1. The highest BCUT2D eigenvalue weighted by molar-refractivity contribution is 8.00. The SMILES string of the molecule is Cc1ccc(C(C)(C)C)cc1SCC(=O)Nc1ccc([N+](=O)[O-])cc1. The number of nitro groups is 1. The van der Waals surface area contributed by atoms with Gasteiger partial charge in [-0.05, 0) is 41.7 Å². The van der Waals surface area contributed by atoms with Crippen molar-refractivity contribution in [3.63, 3.8) is 0 Å². The maximum Gasteiger partial charge on any atom is 0.269 e. The van der Waals surface area contributed by atoms with Gasteiger partial charge in [0.15, 0.2) is 0 Å². The van der Waals surface area contributed by atoms with Gasteiger partial charge in [-0.15, -0.1) is 11.8 Å². The lowest BCUT2D eigenvalue weighted by Gasteiger charge is -2.20. The minimum atomic E-state index is -0.466. The van der Waals surface area contributed by atoms with Gasteiger partial charge in [0, 0.05) is 22.7 Å². The van der Waals surface area contributed by atoms with Gasteiger partial charge in [0.25, 0.3) is 5.69 Å². The molecule has 2 aromatic carbocycles. The Kier molecular flexibility index (Phi) is 5.85. The molecular weight excluding hydrogens is 336 g/mol. The highest BCUT2D eigenvalue weighted by Gasteiger charge is 2.15. The van der Waals surface area contributed by atoms with E-state index < -0.39 is 4.92 Å². The highest BCUT2D eigenvalue weighted by Crippen LogP contribution is 2.29. The normalized spacial score (nSPS) is 11.2. The lowest BCUT2D eigenvalue weighted by molar-refractivity contribution is -0.384. The number of non-ortho nitro benzene ring substituents is 1. The first kappa shape index (κ1) is 19.0. The van der Waals surface area contributed by atoms with Crippen LogP contribution in [0.25, 0.3) is 0 Å². The second-order valence-electron chi connectivity index (χ2n) is 6.87. The van der Waals surface area contributed by atoms with Crippen LogP contribution in [0.1, 0.15) is 31.9 Å². The number of rotatable bonds is 5. The molecule has 6 heteroatoms. The molecule has 0 aromatic heterocycles. The van der Waals surface area contributed by atoms with Gasteiger partial charge >= 0.3 is 0 Å². The Labute approximate surface area is 152 Å². The Hall–Kier alpha value is -2.34. The zero-order valence-corrected chi connectivity index (χ0v) is 15.6. The monoisotopic (exact) mass is 358 g/mol. The van der Waals surface area contributed by atoms with Gasteiger partial charge in [-0.3, -0.25) is 14.9 Å². The standard InChI is InChI=1S/C19H22N2O3S/c1-13-5-6-14(19(2,3)4)11-17(13)25-12-18(22)20-15-7-9-16(10-8-15)21(23)24/h5-11H,12H2,1-4H3,(H,20,22). The van der Waals surface area contributed by atoms with Crippen LogP contribution < -0.4 is 5.32 Å². The van der Waals surface area contributed by atoms with E-state index in [1.165, 1.54) is 41.6 Å². The quantitative estimate of drug-likeness (QED) is 0.467. The maximum absolute atomic E-state index is 12.1. The first-order chi connectivity index (χ1) is 11.7. The summed E-state index contributed by atoms with van der Waals surface area (Å²) in [6, 6.07) is 12.2. The van der Waals surface area contributed by atoms with Gasteiger partial charge in [-0.2, -0.15) is 0 Å². The molecule has 0 bridgehead atoms. The second kappa shape index (κ2) is 7.70. The number of hydrogen-bond donors (Lipinski definition) is 1. The Morgan fingerprint density at radius 1 is 1.16 bits per heavy atom. The van der Waals surface area contributed by atoms with Gasteiger partial charge < -0.3 is 5.32 Å². The van der Waals surface area contributed by atoms with Crippen molar-refractivity contribution in [1.29, 1.82) is 0 Å². The smallest absolute Gasteiger partial charge is 0.269 e. The number of carbonyl (C=O) groups excluding carboxylic acids is 1. The molecule has 2 rings (SSSR count). The molecule has 0 saturated heterocycles. The predicted molar refractivity (Wildman–Crippen MR) is 102 cm³/mol. The molecule has 0 radical (unpaired) electrons. The molecule has 1 amide bonds. The molecule has 0 heterocycles. The van der Waals surface area contributed by atoms with E-state index in [0.29, 0.717) is 5.69 Å². The molecule has 0 aliphatic carbocycles. The zero-order valence-electron chi connectivity index (χ0n) is 14.8. The molecule has 25 heavy (non-hydrogen) atoms. The Morgan fingerprint density at radius 3 is 2.36 bits per heavy atom. The molecule has 0 atom stereocenters. The summed E-state index contributed by atoms with van der Waals surface area (Å²) in [5.74, 6) is 0.144. The molecule has 5 nitrogen and oxygen atoms in total. The van der Waals surface area contributed by atoms with Crippen molar-refractivity contribution >= 4 is 29.0 Å². The van der Waals surface area contributed by atoms with Gasteiger partial charge in [0.05, 0.1) is 10.7 Å². The highest BCUT2D eigenvalue weighted by atomic mass is 32.2. The molecule has 0 aliphatic heterocycles. The molecule has 0 spiro atoms. The Bertz CT molecular complexity index is 780. The predicted octanol–water partition coefficient (Wildman–Crippen LogP) is 4.93. The summed E-state index contributed by atoms with van der Waals surface area (Å²) in [5.41, 5.74) is 2.99. The average Bonchev–Trinajstić information content (AvgIpc) is 2.53. The van der Waals surface area contributed by atoms with Gasteiger partial charge in [-0.25, -0.2) is 0 Å². The van der Waals surface area contributed by atoms with Crippen LogP contribution >= 0.6 is 11.8 Å². The third kappa shape index (κ3) is 5.32. The zero-order chi connectivity index (χ0) is 18.6. The molecule has 0 saturated carbocycles. The van der Waals surface area contributed by atoms with Gasteiger partial charge in [-0.1, -0.05) is 32.9 Å². The lowest BCUT2D eigenvalue weighted by Crippen LogP contribution is -2.14. The molecular formula is C19H22N2O3S. The second-order valence-corrected chi connectivity index (χ2v) is 7.89. The molecule has 0 fully saturated rings. The van der Waals surface area contributed by atoms with E-state index in [0.717, 1.165) is 10.5 Å². The minimum absolute atomic E-state index is 0.00185. The minimum Gasteiger partial charge on any atom is -0.325 e. The van der Waals surface area contributed by atoms with Crippen LogP contribution in [0, 0.1) is 17.0 Å². The van der Waals surface area contributed by atoms with Crippen molar-refractivity contribution in [2.24, 2.45) is 0 Å². The number of thioether (sulfide) groups is 1. The number of carbonyl (C=O) groups is 1. The van der Waals surface area contributed by atoms with E-state index in [1.54, 1.807) is 0 Å². The average molecular weight is 358 g/mol. The summed E-state index contributed by atoms with van der Waals surface area (Å²) in [4.78, 5) is 23.4. The fraction of sp³-hybridized carbons (Fsp3) is 0.316. The molecule has 2 aromatic rings. The summed E-state index contributed by atoms with van der Waals surface area (Å²) in [6.07, 6.45) is 0. The summed E-state index contributed by atoms with van der Waals surface area (Å²) in [7, 11) is 0. The number of nitrogens with zero attached hydrogens (tertiary/aromatic N) is 1. The number of hydrogen-bond acceptors (Lipinski definition) is 4. The third-order valence-electron chi connectivity index (χ3n) is 3.77. The van der Waals surface area contributed by atoms with Crippen LogP contribution in [0.4, 0.5) is 11.4 Å². The van der Waals surface area contributed by atoms with E-state index in [1.807, 2.05) is 6.92 Å². The van der Waals surface area contributed by atoms with E-state index in [4.69, 9.17) is 0 Å². The first-order valence-electron chi connectivity index (χ1n) is 7.95. The van der Waals surface area contributed by atoms with E-state index in [-0.39, 0.29) is 22.8 Å². The van der Waals surface area contributed by atoms with Crippen molar-refractivity contribution in [2.75, 3.05) is 11.1 Å². The van der Waals surface area contributed by atoms with Crippen LogP contribution in [0.5, 0.6) is 0 Å². The number of benzene rings is 2. The van der Waals surface area contributed by atoms with Crippen LogP contribution in [-0.2, 0) is 10.2 Å². The van der Waals surface area contributed by atoms with Crippen molar-refractivity contribution in [1.82, 2.24) is 0 Å². The Morgan fingerprint density at radius 2 is 1.80 bits per heavy atom. The molecule has 132 valence electrons.